The van der Waals surface area contributed by atoms with Crippen molar-refractivity contribution in [2.45, 2.75) is 16.9 Å². The van der Waals surface area contributed by atoms with Crippen molar-refractivity contribution in [1.82, 2.24) is 10.3 Å². The molecule has 1 aromatic carbocycles. The molecule has 0 aliphatic heterocycles. The van der Waals surface area contributed by atoms with Crippen molar-refractivity contribution in [3.8, 4) is 0 Å². The van der Waals surface area contributed by atoms with Gasteiger partial charge in [0.15, 0.2) is 0 Å². The number of hydrogen-bond donors (Lipinski definition) is 1. The Morgan fingerprint density at radius 2 is 2.00 bits per heavy atom. The molecule has 0 fully saturated rings. The Kier molecular flexibility index (Phi) is 6.49. The average molecular weight is 338 g/mol. The van der Waals surface area contributed by atoms with Gasteiger partial charge >= 0.3 is 0 Å². The van der Waals surface area contributed by atoms with Gasteiger partial charge in [0.2, 0.25) is 0 Å². The summed E-state index contributed by atoms with van der Waals surface area (Å²) in [6, 6.07) is 12.4. The van der Waals surface area contributed by atoms with Gasteiger partial charge in [-0.25, -0.2) is 4.98 Å². The van der Waals surface area contributed by atoms with Crippen LogP contribution in [-0.2, 0) is 4.74 Å². The zero-order valence-corrected chi connectivity index (χ0v) is 13.2. The number of hydrogen-bond acceptors (Lipinski definition) is 4. The van der Waals surface area contributed by atoms with Crippen LogP contribution in [0, 0.1) is 0 Å². The topological polar surface area (TPSA) is 51.2 Å². The molecular formula is C16H16F2N2O2S. The van der Waals surface area contributed by atoms with Crippen LogP contribution < -0.4 is 5.32 Å². The quantitative estimate of drug-likeness (QED) is 0.785. The summed E-state index contributed by atoms with van der Waals surface area (Å²) in [5.41, 5.74) is 1.05. The van der Waals surface area contributed by atoms with Crippen LogP contribution in [-0.4, -0.2) is 30.3 Å². The fourth-order valence-corrected chi connectivity index (χ4v) is 2.61. The number of alkyl halides is 2. The van der Waals surface area contributed by atoms with Crippen LogP contribution in [0.4, 0.5) is 8.78 Å². The number of methoxy groups -OCH3 is 1. The molecule has 1 N–H and O–H groups in total. The van der Waals surface area contributed by atoms with Crippen molar-refractivity contribution in [3.63, 3.8) is 0 Å². The van der Waals surface area contributed by atoms with Crippen molar-refractivity contribution in [3.05, 3.63) is 59.8 Å². The monoisotopic (exact) mass is 338 g/mol. The van der Waals surface area contributed by atoms with Gasteiger partial charge < -0.3 is 10.1 Å². The highest BCUT2D eigenvalue weighted by atomic mass is 32.2. The molecular weight excluding hydrogens is 322 g/mol. The minimum atomic E-state index is -2.63. The van der Waals surface area contributed by atoms with E-state index in [2.05, 4.69) is 10.3 Å². The molecule has 1 atom stereocenters. The Hall–Kier alpha value is -1.99. The summed E-state index contributed by atoms with van der Waals surface area (Å²) in [5.74, 6) is -3.09. The molecule has 7 heteroatoms. The lowest BCUT2D eigenvalue weighted by Crippen LogP contribution is -2.29. The molecule has 122 valence electrons. The standard InChI is InChI=1S/C16H16F2N2O2S/c1-22-13(11-6-3-2-4-7-11)10-20-14(21)12-8-5-9-19-15(12)23-16(17)18/h2-9,13,16H,10H2,1H3,(H,20,21). The number of nitrogens with one attached hydrogen (secondary N) is 1. The van der Waals surface area contributed by atoms with Gasteiger partial charge in [-0.3, -0.25) is 4.79 Å². The summed E-state index contributed by atoms with van der Waals surface area (Å²) in [5, 5.41) is 2.71. The second kappa shape index (κ2) is 8.59. The third kappa shape index (κ3) is 5.01. The lowest BCUT2D eigenvalue weighted by Gasteiger charge is -2.17. The number of benzene rings is 1. The summed E-state index contributed by atoms with van der Waals surface area (Å²) < 4.78 is 30.4. The first-order chi connectivity index (χ1) is 11.1. The van der Waals surface area contributed by atoms with Gasteiger partial charge in [-0.1, -0.05) is 30.3 Å². The zero-order valence-electron chi connectivity index (χ0n) is 12.4. The van der Waals surface area contributed by atoms with Gasteiger partial charge in [0.1, 0.15) is 5.03 Å². The second-order valence-corrected chi connectivity index (χ2v) is 5.56. The fourth-order valence-electron chi connectivity index (χ4n) is 2.03. The van der Waals surface area contributed by atoms with E-state index in [1.54, 1.807) is 7.11 Å². The summed E-state index contributed by atoms with van der Waals surface area (Å²) in [4.78, 5) is 16.1. The first-order valence-electron chi connectivity index (χ1n) is 6.87. The number of carbonyl (C=O) groups is 1. The van der Waals surface area contributed by atoms with Crippen molar-refractivity contribution in [1.29, 1.82) is 0 Å². The van der Waals surface area contributed by atoms with Crippen LogP contribution in [0.2, 0.25) is 0 Å². The Morgan fingerprint density at radius 3 is 2.65 bits per heavy atom. The summed E-state index contributed by atoms with van der Waals surface area (Å²) >= 11 is 0.253. The Morgan fingerprint density at radius 1 is 1.26 bits per heavy atom. The van der Waals surface area contributed by atoms with E-state index in [1.807, 2.05) is 30.3 Å². The number of thioether (sulfide) groups is 1. The molecule has 0 spiro atoms. The number of ether oxygens (including phenoxy) is 1. The summed E-state index contributed by atoms with van der Waals surface area (Å²) in [7, 11) is 1.55. The number of aromatic nitrogens is 1. The van der Waals surface area contributed by atoms with Gasteiger partial charge in [-0.15, -0.1) is 0 Å². The highest BCUT2D eigenvalue weighted by molar-refractivity contribution is 7.99. The van der Waals surface area contributed by atoms with Gasteiger partial charge in [-0.2, -0.15) is 8.78 Å². The zero-order chi connectivity index (χ0) is 16.7. The normalized spacial score (nSPS) is 12.2. The van der Waals surface area contributed by atoms with Crippen molar-refractivity contribution in [2.75, 3.05) is 13.7 Å². The summed E-state index contributed by atoms with van der Waals surface area (Å²) in [6.07, 6.45) is 1.06. The van der Waals surface area contributed by atoms with Crippen molar-refractivity contribution < 1.29 is 18.3 Å². The average Bonchev–Trinajstić information content (AvgIpc) is 2.56. The molecule has 1 aromatic heterocycles. The van der Waals surface area contributed by atoms with E-state index in [4.69, 9.17) is 4.74 Å². The molecule has 0 radical (unpaired) electrons. The number of amides is 1. The van der Waals surface area contributed by atoms with Crippen LogP contribution in [0.25, 0.3) is 0 Å². The van der Waals surface area contributed by atoms with E-state index in [0.29, 0.717) is 0 Å². The maximum Gasteiger partial charge on any atom is 0.290 e. The highest BCUT2D eigenvalue weighted by Gasteiger charge is 2.18. The lowest BCUT2D eigenvalue weighted by molar-refractivity contribution is 0.0825. The number of carbonyl (C=O) groups excluding carboxylic acids is 1. The molecule has 0 aliphatic carbocycles. The van der Waals surface area contributed by atoms with Gasteiger partial charge in [0.25, 0.3) is 11.7 Å². The maximum absolute atomic E-state index is 12.5. The molecule has 0 saturated heterocycles. The third-order valence-corrected chi connectivity index (χ3v) is 3.85. The summed E-state index contributed by atoms with van der Waals surface area (Å²) in [6.45, 7) is 0.229. The van der Waals surface area contributed by atoms with Crippen LogP contribution in [0.1, 0.15) is 22.0 Å². The number of pyridine rings is 1. The van der Waals surface area contributed by atoms with E-state index in [0.717, 1.165) is 5.56 Å². The molecule has 23 heavy (non-hydrogen) atoms. The molecule has 4 nitrogen and oxygen atoms in total. The van der Waals surface area contributed by atoms with E-state index in [9.17, 15) is 13.6 Å². The Labute approximate surface area is 137 Å². The molecule has 1 amide bonds. The van der Waals surface area contributed by atoms with Gasteiger partial charge in [0, 0.05) is 19.9 Å². The second-order valence-electron chi connectivity index (χ2n) is 4.58. The van der Waals surface area contributed by atoms with Crippen LogP contribution in [0.3, 0.4) is 0 Å². The smallest absolute Gasteiger partial charge is 0.290 e. The largest absolute Gasteiger partial charge is 0.375 e. The molecule has 2 aromatic rings. The predicted octanol–water partition coefficient (Wildman–Crippen LogP) is 3.51. The van der Waals surface area contributed by atoms with Gasteiger partial charge in [0.05, 0.1) is 11.7 Å². The number of nitrogens with zero attached hydrogens (tertiary/aromatic N) is 1. The highest BCUT2D eigenvalue weighted by Crippen LogP contribution is 2.26. The first-order valence-corrected chi connectivity index (χ1v) is 7.75. The van der Waals surface area contributed by atoms with E-state index in [1.165, 1.54) is 18.3 Å². The maximum atomic E-state index is 12.5. The van der Waals surface area contributed by atoms with Crippen LogP contribution >= 0.6 is 11.8 Å². The number of rotatable bonds is 7. The first kappa shape index (κ1) is 17.4. The minimum absolute atomic E-state index is 0.00804. The fraction of sp³-hybridized carbons (Fsp3) is 0.250. The van der Waals surface area contributed by atoms with Crippen molar-refractivity contribution >= 4 is 17.7 Å². The number of halogens is 2. The Bertz CT molecular complexity index is 641. The molecule has 2 rings (SSSR count). The van der Waals surface area contributed by atoms with Crippen molar-refractivity contribution in [2.24, 2.45) is 0 Å². The molecule has 0 saturated carbocycles. The van der Waals surface area contributed by atoms with E-state index in [-0.39, 0.29) is 35.0 Å². The molecule has 0 bridgehead atoms. The molecule has 0 aliphatic rings. The van der Waals surface area contributed by atoms with Crippen LogP contribution in [0.5, 0.6) is 0 Å². The predicted molar refractivity (Wildman–Crippen MR) is 84.6 cm³/mol. The van der Waals surface area contributed by atoms with E-state index < -0.39 is 11.7 Å². The van der Waals surface area contributed by atoms with E-state index >= 15 is 0 Å². The van der Waals surface area contributed by atoms with Gasteiger partial charge in [-0.05, 0) is 29.5 Å². The molecule has 1 heterocycles. The Balaban J connectivity index is 2.04. The SMILES string of the molecule is COC(CNC(=O)c1cccnc1SC(F)F)c1ccccc1. The lowest BCUT2D eigenvalue weighted by atomic mass is 10.1. The molecule has 1 unspecified atom stereocenters. The third-order valence-electron chi connectivity index (χ3n) is 3.12. The van der Waals surface area contributed by atoms with Crippen LogP contribution in [0.15, 0.2) is 53.7 Å². The minimum Gasteiger partial charge on any atom is -0.375 e.